The van der Waals surface area contributed by atoms with E-state index in [1.807, 2.05) is 6.92 Å². The van der Waals surface area contributed by atoms with Gasteiger partial charge in [-0.1, -0.05) is 0 Å². The van der Waals surface area contributed by atoms with Crippen LogP contribution in [-0.2, 0) is 0 Å². The van der Waals surface area contributed by atoms with E-state index in [4.69, 9.17) is 9.84 Å². The third kappa shape index (κ3) is 5.46. The Hall–Kier alpha value is -1.14. The van der Waals surface area contributed by atoms with Gasteiger partial charge in [-0.15, -0.1) is 0 Å². The highest BCUT2D eigenvalue weighted by atomic mass is 79.9. The summed E-state index contributed by atoms with van der Waals surface area (Å²) < 4.78 is 31.1. The fraction of sp³-hybridized carbons (Fsp3) is 0.143. The Morgan fingerprint density at radius 1 is 1.00 bits per heavy atom. The molecule has 108 valence electrons. The first-order valence-corrected chi connectivity index (χ1v) is 7.24. The number of halogens is 4. The molecule has 0 unspecified atom stereocenters. The van der Waals surface area contributed by atoms with Crippen molar-refractivity contribution in [2.24, 2.45) is 0 Å². The van der Waals surface area contributed by atoms with E-state index < -0.39 is 0 Å². The molecule has 0 fully saturated rings. The second kappa shape index (κ2) is 8.21. The van der Waals surface area contributed by atoms with Crippen LogP contribution in [0.25, 0.3) is 0 Å². The van der Waals surface area contributed by atoms with Crippen LogP contribution in [0.4, 0.5) is 8.78 Å². The van der Waals surface area contributed by atoms with Crippen molar-refractivity contribution in [3.8, 4) is 11.5 Å². The molecule has 0 saturated heterocycles. The van der Waals surface area contributed by atoms with Crippen molar-refractivity contribution in [1.29, 1.82) is 0 Å². The molecule has 0 aliphatic carbocycles. The lowest BCUT2D eigenvalue weighted by Gasteiger charge is -2.04. The molecule has 0 aromatic heterocycles. The van der Waals surface area contributed by atoms with E-state index >= 15 is 0 Å². The summed E-state index contributed by atoms with van der Waals surface area (Å²) >= 11 is 6.20. The molecule has 0 bridgehead atoms. The highest BCUT2D eigenvalue weighted by molar-refractivity contribution is 9.10. The highest BCUT2D eigenvalue weighted by Crippen LogP contribution is 2.25. The van der Waals surface area contributed by atoms with Crippen molar-refractivity contribution >= 4 is 31.9 Å². The van der Waals surface area contributed by atoms with Gasteiger partial charge in [0.05, 0.1) is 15.6 Å². The van der Waals surface area contributed by atoms with E-state index in [-0.39, 0.29) is 17.4 Å². The number of aromatic hydroxyl groups is 1. The number of ether oxygens (including phenoxy) is 1. The van der Waals surface area contributed by atoms with Crippen molar-refractivity contribution in [2.75, 3.05) is 6.61 Å². The molecule has 2 rings (SSSR count). The SMILES string of the molecule is CCOc1cc(F)ccc1Br.Oc1ccc(F)cc1Br. The number of hydrogen-bond acceptors (Lipinski definition) is 2. The minimum absolute atomic E-state index is 0.0522. The zero-order valence-electron chi connectivity index (χ0n) is 10.5. The lowest BCUT2D eigenvalue weighted by Crippen LogP contribution is -1.92. The monoisotopic (exact) mass is 408 g/mol. The molecule has 6 heteroatoms. The molecule has 0 saturated carbocycles. The Kier molecular flexibility index (Phi) is 6.95. The van der Waals surface area contributed by atoms with E-state index in [1.165, 1.54) is 30.3 Å². The molecule has 0 spiro atoms. The number of phenolic OH excluding ortho intramolecular Hbond substituents is 1. The van der Waals surface area contributed by atoms with Gasteiger partial charge in [0.15, 0.2) is 0 Å². The Bertz CT molecular complexity index is 577. The van der Waals surface area contributed by atoms with Crippen LogP contribution in [0.2, 0.25) is 0 Å². The summed E-state index contributed by atoms with van der Waals surface area (Å²) in [4.78, 5) is 0. The summed E-state index contributed by atoms with van der Waals surface area (Å²) in [6, 6.07) is 8.05. The number of benzene rings is 2. The number of phenols is 1. The Morgan fingerprint density at radius 3 is 2.15 bits per heavy atom. The molecule has 1 N–H and O–H groups in total. The highest BCUT2D eigenvalue weighted by Gasteiger charge is 2.00. The van der Waals surface area contributed by atoms with E-state index in [0.717, 1.165) is 4.47 Å². The van der Waals surface area contributed by atoms with Gasteiger partial charge in [-0.3, -0.25) is 0 Å². The van der Waals surface area contributed by atoms with E-state index in [2.05, 4.69) is 31.9 Å². The van der Waals surface area contributed by atoms with Crippen molar-refractivity contribution in [3.05, 3.63) is 57.0 Å². The largest absolute Gasteiger partial charge is 0.507 e. The lowest BCUT2D eigenvalue weighted by atomic mass is 10.3. The second-order valence-electron chi connectivity index (χ2n) is 3.60. The van der Waals surface area contributed by atoms with Crippen LogP contribution < -0.4 is 4.74 Å². The number of hydrogen-bond donors (Lipinski definition) is 1. The first-order valence-electron chi connectivity index (χ1n) is 5.66. The lowest BCUT2D eigenvalue weighted by molar-refractivity contribution is 0.336. The Balaban J connectivity index is 0.000000204. The predicted octanol–water partition coefficient (Wildman–Crippen LogP) is 5.28. The van der Waals surface area contributed by atoms with E-state index in [1.54, 1.807) is 6.07 Å². The summed E-state index contributed by atoms with van der Waals surface area (Å²) in [7, 11) is 0. The molecule has 0 aliphatic heterocycles. The Labute approximate surface area is 132 Å². The fourth-order valence-electron chi connectivity index (χ4n) is 1.22. The first kappa shape index (κ1) is 16.9. The van der Waals surface area contributed by atoms with Gasteiger partial charge in [0.25, 0.3) is 0 Å². The van der Waals surface area contributed by atoms with Crippen LogP contribution in [0, 0.1) is 11.6 Å². The maximum absolute atomic E-state index is 12.6. The fourth-order valence-corrected chi connectivity index (χ4v) is 1.94. The zero-order valence-corrected chi connectivity index (χ0v) is 13.7. The van der Waals surface area contributed by atoms with Crippen molar-refractivity contribution in [3.63, 3.8) is 0 Å². The van der Waals surface area contributed by atoms with Crippen LogP contribution in [-0.4, -0.2) is 11.7 Å². The van der Waals surface area contributed by atoms with Crippen molar-refractivity contribution < 1.29 is 18.6 Å². The molecule has 2 aromatic rings. The summed E-state index contributed by atoms with van der Waals surface area (Å²) in [5.74, 6) is -0.0415. The molecular formula is C14H12Br2F2O2. The Morgan fingerprint density at radius 2 is 1.60 bits per heavy atom. The molecule has 2 aromatic carbocycles. The minimum Gasteiger partial charge on any atom is -0.507 e. The summed E-state index contributed by atoms with van der Waals surface area (Å²) in [5.41, 5.74) is 0. The maximum Gasteiger partial charge on any atom is 0.136 e. The van der Waals surface area contributed by atoms with Gasteiger partial charge < -0.3 is 9.84 Å². The third-order valence-corrected chi connectivity index (χ3v) is 3.39. The van der Waals surface area contributed by atoms with Gasteiger partial charge in [0.2, 0.25) is 0 Å². The average molecular weight is 410 g/mol. The van der Waals surface area contributed by atoms with E-state index in [0.29, 0.717) is 16.8 Å². The maximum atomic E-state index is 12.6. The number of rotatable bonds is 2. The average Bonchev–Trinajstić information content (AvgIpc) is 2.40. The molecule has 0 amide bonds. The van der Waals surface area contributed by atoms with Gasteiger partial charge in [0.1, 0.15) is 23.1 Å². The molecule has 0 atom stereocenters. The van der Waals surface area contributed by atoms with E-state index in [9.17, 15) is 8.78 Å². The topological polar surface area (TPSA) is 29.5 Å². The van der Waals surface area contributed by atoms with Crippen LogP contribution in [0.3, 0.4) is 0 Å². The van der Waals surface area contributed by atoms with Gasteiger partial charge in [-0.25, -0.2) is 8.78 Å². The van der Waals surface area contributed by atoms with Gasteiger partial charge in [-0.2, -0.15) is 0 Å². The molecule has 0 radical (unpaired) electrons. The van der Waals surface area contributed by atoms with Gasteiger partial charge in [0, 0.05) is 6.07 Å². The molecule has 2 nitrogen and oxygen atoms in total. The predicted molar refractivity (Wildman–Crippen MR) is 81.0 cm³/mol. The van der Waals surface area contributed by atoms with Crippen LogP contribution in [0.15, 0.2) is 45.3 Å². The molecule has 20 heavy (non-hydrogen) atoms. The van der Waals surface area contributed by atoms with Gasteiger partial charge in [-0.05, 0) is 69.1 Å². The summed E-state index contributed by atoms with van der Waals surface area (Å²) in [6.45, 7) is 2.40. The third-order valence-electron chi connectivity index (χ3n) is 2.10. The van der Waals surface area contributed by atoms with Crippen LogP contribution >= 0.6 is 31.9 Å². The summed E-state index contributed by atoms with van der Waals surface area (Å²) in [6.07, 6.45) is 0. The van der Waals surface area contributed by atoms with Gasteiger partial charge >= 0.3 is 0 Å². The van der Waals surface area contributed by atoms with Crippen molar-refractivity contribution in [2.45, 2.75) is 6.92 Å². The quantitative estimate of drug-likeness (QED) is 0.730. The van der Waals surface area contributed by atoms with Crippen LogP contribution in [0.5, 0.6) is 11.5 Å². The molecule has 0 heterocycles. The standard InChI is InChI=1S/C8H8BrFO.C6H4BrFO/c1-2-11-8-5-6(10)3-4-7(8)9;7-5-3-4(8)1-2-6(5)9/h3-5H,2H2,1H3;1-3,9H. The zero-order chi connectivity index (χ0) is 15.1. The molecule has 0 aliphatic rings. The molecular weight excluding hydrogens is 398 g/mol. The van der Waals surface area contributed by atoms with Crippen LogP contribution in [0.1, 0.15) is 6.92 Å². The smallest absolute Gasteiger partial charge is 0.136 e. The van der Waals surface area contributed by atoms with Crippen molar-refractivity contribution in [1.82, 2.24) is 0 Å². The second-order valence-corrected chi connectivity index (χ2v) is 5.31. The minimum atomic E-state index is -0.361. The first-order chi connectivity index (χ1) is 9.43. The summed E-state index contributed by atoms with van der Waals surface area (Å²) in [5, 5.41) is 8.83. The normalized spacial score (nSPS) is 9.65.